The minimum atomic E-state index is -3.18. The van der Waals surface area contributed by atoms with Gasteiger partial charge in [0, 0.05) is 26.7 Å². The minimum Gasteiger partial charge on any atom is -0.309 e. The Bertz CT molecular complexity index is 3680. The molecule has 0 amide bonds. The van der Waals surface area contributed by atoms with E-state index in [0.717, 1.165) is 76.2 Å². The first-order valence-corrected chi connectivity index (χ1v) is 21.1. The van der Waals surface area contributed by atoms with Crippen molar-refractivity contribution in [3.63, 3.8) is 0 Å². The van der Waals surface area contributed by atoms with E-state index in [4.69, 9.17) is 4.98 Å². The van der Waals surface area contributed by atoms with Crippen molar-refractivity contribution in [2.24, 2.45) is 0 Å². The van der Waals surface area contributed by atoms with Gasteiger partial charge in [0.25, 0.3) is 0 Å². The summed E-state index contributed by atoms with van der Waals surface area (Å²) < 4.78 is 17.9. The number of aromatic nitrogens is 2. The number of benzene rings is 10. The van der Waals surface area contributed by atoms with Crippen molar-refractivity contribution in [1.29, 1.82) is 0 Å². The van der Waals surface area contributed by atoms with E-state index < -0.39 is 7.14 Å². The van der Waals surface area contributed by atoms with Crippen LogP contribution in [0, 0.1) is 0 Å². The third-order valence-corrected chi connectivity index (χ3v) is 15.0. The van der Waals surface area contributed by atoms with Gasteiger partial charge >= 0.3 is 0 Å². The number of fused-ring (bicyclic) bond motifs is 14. The molecule has 2 aromatic heterocycles. The van der Waals surface area contributed by atoms with Crippen LogP contribution in [-0.2, 0) is 4.57 Å². The van der Waals surface area contributed by atoms with Gasteiger partial charge in [0.2, 0.25) is 0 Å². The molecule has 2 heterocycles. The zero-order valence-electron chi connectivity index (χ0n) is 30.8. The van der Waals surface area contributed by atoms with E-state index in [1.807, 2.05) is 48.5 Å². The molecule has 1 atom stereocenters. The molecule has 12 rings (SSSR count). The summed E-state index contributed by atoms with van der Waals surface area (Å²) >= 11 is 0. The molecule has 0 saturated heterocycles. The zero-order valence-corrected chi connectivity index (χ0v) is 31.7. The number of hydrogen-bond donors (Lipinski definition) is 0. The number of imidazole rings is 1. The Labute approximate surface area is 328 Å². The lowest BCUT2D eigenvalue weighted by Crippen LogP contribution is -2.25. The van der Waals surface area contributed by atoms with E-state index in [-0.39, 0.29) is 0 Å². The zero-order chi connectivity index (χ0) is 37.7. The van der Waals surface area contributed by atoms with Gasteiger partial charge in [-0.1, -0.05) is 164 Å². The fourth-order valence-corrected chi connectivity index (χ4v) is 11.9. The summed E-state index contributed by atoms with van der Waals surface area (Å²) in [5, 5.41) is 15.3. The summed E-state index contributed by atoms with van der Waals surface area (Å²) in [6.07, 6.45) is 0. The number of pyridine rings is 1. The van der Waals surface area contributed by atoms with Gasteiger partial charge < -0.3 is 4.57 Å². The van der Waals surface area contributed by atoms with Crippen LogP contribution in [0.3, 0.4) is 0 Å². The van der Waals surface area contributed by atoms with Gasteiger partial charge in [-0.25, -0.2) is 4.98 Å². The molecule has 1 unspecified atom stereocenters. The van der Waals surface area contributed by atoms with Crippen molar-refractivity contribution >= 4 is 105 Å². The Hall–Kier alpha value is -7.06. The molecule has 0 aliphatic rings. The summed E-state index contributed by atoms with van der Waals surface area (Å²) in [5.74, 6) is 0. The lowest BCUT2D eigenvalue weighted by molar-refractivity contribution is 0.592. The fourth-order valence-electron chi connectivity index (χ4n) is 9.19. The highest BCUT2D eigenvalue weighted by Crippen LogP contribution is 2.44. The maximum atomic E-state index is 15.5. The summed E-state index contributed by atoms with van der Waals surface area (Å²) in [6.45, 7) is 0. The molecular formula is C53H33N2OP. The van der Waals surface area contributed by atoms with Gasteiger partial charge in [0.15, 0.2) is 7.14 Å². The summed E-state index contributed by atoms with van der Waals surface area (Å²) in [7, 11) is -3.18. The largest absolute Gasteiger partial charge is 0.309 e. The van der Waals surface area contributed by atoms with Gasteiger partial charge in [-0.05, 0) is 96.0 Å². The van der Waals surface area contributed by atoms with Gasteiger partial charge in [-0.3, -0.25) is 4.40 Å². The van der Waals surface area contributed by atoms with Gasteiger partial charge in [0.05, 0.1) is 16.6 Å². The number of nitrogens with zero attached hydrogens (tertiary/aromatic N) is 2. The molecule has 0 fully saturated rings. The standard InChI is InChI=1S/C53H33N2OP/c56-57(41-13-2-1-3-14-41,42-24-20-34-10-4-5-12-36(34)31-42)43-25-29-45-40(32-43)19-18-39-30-37(22-26-44(39)45)38-23-27-47-48-28-21-35-11-6-7-15-46(35)52(48)53-54-49-16-8-9-17-50(49)55(53)51(47)33-38/h1-33H. The first-order valence-electron chi connectivity index (χ1n) is 19.4. The normalized spacial score (nSPS) is 13.1. The van der Waals surface area contributed by atoms with E-state index in [0.29, 0.717) is 0 Å². The van der Waals surface area contributed by atoms with E-state index in [1.54, 1.807) is 0 Å². The van der Waals surface area contributed by atoms with Gasteiger partial charge in [0.1, 0.15) is 5.65 Å². The Morgan fingerprint density at radius 2 is 0.947 bits per heavy atom. The predicted octanol–water partition coefficient (Wildman–Crippen LogP) is 12.7. The number of para-hydroxylation sites is 2. The molecule has 0 spiro atoms. The van der Waals surface area contributed by atoms with Crippen molar-refractivity contribution in [3.05, 3.63) is 200 Å². The molecule has 0 aliphatic carbocycles. The lowest BCUT2D eigenvalue weighted by Gasteiger charge is -2.21. The van der Waals surface area contributed by atoms with Crippen LogP contribution in [0.2, 0.25) is 0 Å². The maximum absolute atomic E-state index is 15.5. The second-order valence-electron chi connectivity index (χ2n) is 15.1. The fraction of sp³-hybridized carbons (Fsp3) is 0. The smallest absolute Gasteiger partial charge is 0.171 e. The molecule has 57 heavy (non-hydrogen) atoms. The van der Waals surface area contributed by atoms with Gasteiger partial charge in [-0.2, -0.15) is 0 Å². The second kappa shape index (κ2) is 12.2. The third kappa shape index (κ3) is 4.80. The van der Waals surface area contributed by atoms with Crippen LogP contribution in [0.1, 0.15) is 0 Å². The van der Waals surface area contributed by atoms with Crippen LogP contribution < -0.4 is 15.9 Å². The molecule has 10 aromatic carbocycles. The van der Waals surface area contributed by atoms with E-state index in [1.165, 1.54) is 32.3 Å². The van der Waals surface area contributed by atoms with Crippen molar-refractivity contribution in [3.8, 4) is 11.1 Å². The highest BCUT2D eigenvalue weighted by molar-refractivity contribution is 7.85. The first-order chi connectivity index (χ1) is 28.1. The van der Waals surface area contributed by atoms with Crippen LogP contribution in [0.4, 0.5) is 0 Å². The Morgan fingerprint density at radius 3 is 1.79 bits per heavy atom. The summed E-state index contributed by atoms with van der Waals surface area (Å²) in [4.78, 5) is 5.23. The maximum Gasteiger partial charge on any atom is 0.171 e. The van der Waals surface area contributed by atoms with Crippen LogP contribution in [-0.4, -0.2) is 9.38 Å². The van der Waals surface area contributed by atoms with E-state index >= 15 is 4.57 Å². The molecule has 0 saturated carbocycles. The monoisotopic (exact) mass is 744 g/mol. The Morgan fingerprint density at radius 1 is 0.368 bits per heavy atom. The SMILES string of the molecule is O=P(c1ccccc1)(c1ccc2ccccc2c1)c1ccc2c(ccc3cc(-c4ccc5c6ccc7ccccc7c6c6nc7ccccc7n6c5c4)ccc32)c1. The molecule has 0 aliphatic heterocycles. The number of hydrogen-bond acceptors (Lipinski definition) is 2. The predicted molar refractivity (Wildman–Crippen MR) is 243 cm³/mol. The van der Waals surface area contributed by atoms with Crippen molar-refractivity contribution in [2.45, 2.75) is 0 Å². The van der Waals surface area contributed by atoms with Crippen LogP contribution >= 0.6 is 7.14 Å². The molecule has 0 bridgehead atoms. The van der Waals surface area contributed by atoms with E-state index in [2.05, 4.69) is 156 Å². The average Bonchev–Trinajstić information content (AvgIpc) is 3.68. The Kier molecular flexibility index (Phi) is 6.90. The van der Waals surface area contributed by atoms with Crippen molar-refractivity contribution < 1.29 is 4.57 Å². The highest BCUT2D eigenvalue weighted by atomic mass is 31.2. The topological polar surface area (TPSA) is 34.4 Å². The van der Waals surface area contributed by atoms with Crippen LogP contribution in [0.15, 0.2) is 200 Å². The highest BCUT2D eigenvalue weighted by Gasteiger charge is 2.30. The average molecular weight is 745 g/mol. The lowest BCUT2D eigenvalue weighted by atomic mass is 9.95. The van der Waals surface area contributed by atoms with Crippen LogP contribution in [0.5, 0.6) is 0 Å². The third-order valence-electron chi connectivity index (χ3n) is 12.0. The second-order valence-corrected chi connectivity index (χ2v) is 17.9. The van der Waals surface area contributed by atoms with Crippen molar-refractivity contribution in [2.75, 3.05) is 0 Å². The molecule has 0 N–H and O–H groups in total. The molecule has 3 nitrogen and oxygen atoms in total. The summed E-state index contributed by atoms with van der Waals surface area (Å²) in [5.41, 5.74) is 6.52. The molecular weight excluding hydrogens is 712 g/mol. The van der Waals surface area contributed by atoms with Gasteiger partial charge in [-0.15, -0.1) is 0 Å². The molecule has 4 heteroatoms. The first kappa shape index (κ1) is 32.2. The quantitative estimate of drug-likeness (QED) is 0.133. The summed E-state index contributed by atoms with van der Waals surface area (Å²) in [6, 6.07) is 70.4. The number of rotatable bonds is 4. The Balaban J connectivity index is 1.01. The van der Waals surface area contributed by atoms with Crippen molar-refractivity contribution in [1.82, 2.24) is 9.38 Å². The minimum absolute atomic E-state index is 0.836. The van der Waals surface area contributed by atoms with E-state index in [9.17, 15) is 0 Å². The molecule has 12 aromatic rings. The molecule has 0 radical (unpaired) electrons. The molecule has 266 valence electrons. The van der Waals surface area contributed by atoms with Crippen LogP contribution in [0.25, 0.3) is 92.6 Å².